The fraction of sp³-hybridized carbons (Fsp3) is 0.111. The van der Waals surface area contributed by atoms with Crippen molar-refractivity contribution in [3.63, 3.8) is 0 Å². The van der Waals surface area contributed by atoms with Gasteiger partial charge in [-0.15, -0.1) is 0 Å². The number of nitrogens with zero attached hydrogens (tertiary/aromatic N) is 3. The van der Waals surface area contributed by atoms with E-state index in [1.165, 1.54) is 28.9 Å². The van der Waals surface area contributed by atoms with E-state index in [9.17, 15) is 14.9 Å². The number of fused-ring (bicyclic) bond motifs is 1. The van der Waals surface area contributed by atoms with Crippen LogP contribution in [0.15, 0.2) is 24.5 Å². The van der Waals surface area contributed by atoms with Crippen LogP contribution in [0.25, 0.3) is 5.65 Å². The molecule has 2 aromatic rings. The highest BCUT2D eigenvalue weighted by Gasteiger charge is 2.09. The van der Waals surface area contributed by atoms with E-state index in [2.05, 4.69) is 4.98 Å². The molecule has 0 aromatic carbocycles. The minimum absolute atomic E-state index is 0.0632. The third kappa shape index (κ3) is 1.83. The minimum atomic E-state index is -0.988. The van der Waals surface area contributed by atoms with E-state index in [1.807, 2.05) is 0 Å². The second-order valence-electron chi connectivity index (χ2n) is 3.21. The van der Waals surface area contributed by atoms with Gasteiger partial charge in [-0.05, 0) is 6.07 Å². The summed E-state index contributed by atoms with van der Waals surface area (Å²) in [4.78, 5) is 24.5. The van der Waals surface area contributed by atoms with E-state index < -0.39 is 10.9 Å². The molecule has 1 N–H and O–H groups in total. The zero-order valence-corrected chi connectivity index (χ0v) is 8.03. The van der Waals surface area contributed by atoms with Crippen LogP contribution in [0.1, 0.15) is 5.69 Å². The summed E-state index contributed by atoms with van der Waals surface area (Å²) in [6.07, 6.45) is 2.57. The Labute approximate surface area is 89.1 Å². The summed E-state index contributed by atoms with van der Waals surface area (Å²) in [6.45, 7) is 0. The molecule has 0 saturated heterocycles. The largest absolute Gasteiger partial charge is 0.481 e. The summed E-state index contributed by atoms with van der Waals surface area (Å²) in [5.41, 5.74) is 0.793. The van der Waals surface area contributed by atoms with Crippen LogP contribution >= 0.6 is 0 Å². The van der Waals surface area contributed by atoms with Gasteiger partial charge in [-0.2, -0.15) is 0 Å². The highest BCUT2D eigenvalue weighted by Crippen LogP contribution is 2.13. The first-order valence-corrected chi connectivity index (χ1v) is 4.40. The molecule has 0 spiro atoms. The fourth-order valence-corrected chi connectivity index (χ4v) is 1.38. The molecule has 0 aliphatic carbocycles. The Balaban J connectivity index is 2.45. The summed E-state index contributed by atoms with van der Waals surface area (Å²) in [5.74, 6) is -0.988. The molecule has 2 rings (SSSR count). The molecule has 2 aromatic heterocycles. The molecular weight excluding hydrogens is 214 g/mol. The molecule has 0 radical (unpaired) electrons. The van der Waals surface area contributed by atoms with Crippen molar-refractivity contribution in [1.82, 2.24) is 9.38 Å². The zero-order chi connectivity index (χ0) is 11.7. The Morgan fingerprint density at radius 3 is 2.88 bits per heavy atom. The monoisotopic (exact) mass is 221 g/mol. The molecule has 0 aliphatic heterocycles. The van der Waals surface area contributed by atoms with Crippen molar-refractivity contribution < 1.29 is 14.8 Å². The SMILES string of the molecule is O=C(O)Cc1cn2cc([N+](=O)[O-])ccc2n1. The maximum absolute atomic E-state index is 10.5. The number of imidazole rings is 1. The predicted octanol–water partition coefficient (Wildman–Crippen LogP) is 0.870. The van der Waals surface area contributed by atoms with Gasteiger partial charge >= 0.3 is 5.97 Å². The summed E-state index contributed by atoms with van der Waals surface area (Å²) in [5, 5.41) is 19.1. The van der Waals surface area contributed by atoms with Gasteiger partial charge in [-0.1, -0.05) is 0 Å². The van der Waals surface area contributed by atoms with Gasteiger partial charge in [-0.3, -0.25) is 19.3 Å². The van der Waals surface area contributed by atoms with Crippen LogP contribution in [-0.4, -0.2) is 25.4 Å². The minimum Gasteiger partial charge on any atom is -0.481 e. The topological polar surface area (TPSA) is 97.7 Å². The third-order valence-corrected chi connectivity index (χ3v) is 2.03. The van der Waals surface area contributed by atoms with Gasteiger partial charge in [0.2, 0.25) is 0 Å². The van der Waals surface area contributed by atoms with E-state index in [4.69, 9.17) is 5.11 Å². The number of carbonyl (C=O) groups is 1. The normalized spacial score (nSPS) is 10.5. The van der Waals surface area contributed by atoms with Gasteiger partial charge in [0.05, 0.1) is 23.2 Å². The molecule has 2 heterocycles. The fourth-order valence-electron chi connectivity index (χ4n) is 1.38. The second-order valence-corrected chi connectivity index (χ2v) is 3.21. The number of hydrogen-bond acceptors (Lipinski definition) is 4. The van der Waals surface area contributed by atoms with Crippen molar-refractivity contribution >= 4 is 17.3 Å². The molecule has 0 fully saturated rings. The Bertz CT molecular complexity index is 575. The number of carboxylic acid groups (broad SMARTS) is 1. The molecule has 0 aliphatic rings. The average Bonchev–Trinajstić information content (AvgIpc) is 2.56. The molecule has 0 amide bonds. The van der Waals surface area contributed by atoms with Crippen molar-refractivity contribution in [2.24, 2.45) is 0 Å². The highest BCUT2D eigenvalue weighted by molar-refractivity contribution is 5.69. The van der Waals surface area contributed by atoms with E-state index in [0.717, 1.165) is 0 Å². The van der Waals surface area contributed by atoms with E-state index in [0.29, 0.717) is 11.3 Å². The van der Waals surface area contributed by atoms with Crippen molar-refractivity contribution in [1.29, 1.82) is 0 Å². The van der Waals surface area contributed by atoms with Gasteiger partial charge in [0.1, 0.15) is 5.65 Å². The van der Waals surface area contributed by atoms with E-state index in [-0.39, 0.29) is 12.1 Å². The Morgan fingerprint density at radius 2 is 2.25 bits per heavy atom. The highest BCUT2D eigenvalue weighted by atomic mass is 16.6. The van der Waals surface area contributed by atoms with Crippen molar-refractivity contribution in [2.45, 2.75) is 6.42 Å². The molecule has 7 nitrogen and oxygen atoms in total. The van der Waals surface area contributed by atoms with Gasteiger partial charge in [-0.25, -0.2) is 4.98 Å². The van der Waals surface area contributed by atoms with Crippen LogP contribution < -0.4 is 0 Å². The first-order valence-electron chi connectivity index (χ1n) is 4.40. The summed E-state index contributed by atoms with van der Waals surface area (Å²) >= 11 is 0. The van der Waals surface area contributed by atoms with E-state index in [1.54, 1.807) is 0 Å². The standard InChI is InChI=1S/C9H7N3O4/c13-9(14)3-6-4-11-5-7(12(15)16)1-2-8(11)10-6/h1-2,4-5H,3H2,(H,13,14). The molecule has 82 valence electrons. The third-order valence-electron chi connectivity index (χ3n) is 2.03. The lowest BCUT2D eigenvalue weighted by molar-refractivity contribution is -0.385. The molecule has 0 atom stereocenters. The first-order chi connectivity index (χ1) is 7.56. The average molecular weight is 221 g/mol. The van der Waals surface area contributed by atoms with Crippen molar-refractivity contribution in [3.05, 3.63) is 40.3 Å². The maximum Gasteiger partial charge on any atom is 0.309 e. The quantitative estimate of drug-likeness (QED) is 0.612. The predicted molar refractivity (Wildman–Crippen MR) is 53.2 cm³/mol. The van der Waals surface area contributed by atoms with Gasteiger partial charge in [0, 0.05) is 12.3 Å². The lowest BCUT2D eigenvalue weighted by Crippen LogP contribution is -1.99. The summed E-state index contributed by atoms with van der Waals surface area (Å²) in [7, 11) is 0. The van der Waals surface area contributed by atoms with Crippen LogP contribution in [0.5, 0.6) is 0 Å². The number of rotatable bonds is 3. The number of hydrogen-bond donors (Lipinski definition) is 1. The van der Waals surface area contributed by atoms with Crippen molar-refractivity contribution in [3.8, 4) is 0 Å². The molecular formula is C9H7N3O4. The number of aliphatic carboxylic acids is 1. The first kappa shape index (κ1) is 10.1. The molecule has 7 heteroatoms. The molecule has 0 unspecified atom stereocenters. The number of nitro groups is 1. The van der Waals surface area contributed by atoms with Crippen LogP contribution in [0.2, 0.25) is 0 Å². The molecule has 16 heavy (non-hydrogen) atoms. The van der Waals surface area contributed by atoms with Crippen LogP contribution in [-0.2, 0) is 11.2 Å². The number of pyridine rings is 1. The maximum atomic E-state index is 10.5. The van der Waals surface area contributed by atoms with Gasteiger partial charge in [0.25, 0.3) is 5.69 Å². The van der Waals surface area contributed by atoms with E-state index >= 15 is 0 Å². The number of carboxylic acids is 1. The summed E-state index contributed by atoms with van der Waals surface area (Å²) in [6, 6.07) is 2.80. The Hall–Kier alpha value is -2.44. The Morgan fingerprint density at radius 1 is 1.50 bits per heavy atom. The van der Waals surface area contributed by atoms with Gasteiger partial charge < -0.3 is 5.11 Å². The summed E-state index contributed by atoms with van der Waals surface area (Å²) < 4.78 is 1.44. The van der Waals surface area contributed by atoms with Crippen LogP contribution in [0.3, 0.4) is 0 Å². The van der Waals surface area contributed by atoms with Crippen LogP contribution in [0.4, 0.5) is 5.69 Å². The van der Waals surface area contributed by atoms with Crippen LogP contribution in [0, 0.1) is 10.1 Å². The Kier molecular flexibility index (Phi) is 2.28. The molecule has 0 bridgehead atoms. The molecule has 0 saturated carbocycles. The van der Waals surface area contributed by atoms with Gasteiger partial charge in [0.15, 0.2) is 0 Å². The second kappa shape index (κ2) is 3.61. The smallest absolute Gasteiger partial charge is 0.309 e. The lowest BCUT2D eigenvalue weighted by Gasteiger charge is -1.92. The zero-order valence-electron chi connectivity index (χ0n) is 8.03. The van der Waals surface area contributed by atoms with Crippen molar-refractivity contribution in [2.75, 3.05) is 0 Å². The number of aromatic nitrogens is 2. The lowest BCUT2D eigenvalue weighted by atomic mass is 10.3.